The van der Waals surface area contributed by atoms with Crippen LogP contribution in [0.4, 0.5) is 39.3 Å². The van der Waals surface area contributed by atoms with E-state index >= 15 is 0 Å². The van der Waals surface area contributed by atoms with Crippen molar-refractivity contribution in [3.8, 4) is 0 Å². The molecule has 0 aliphatic heterocycles. The predicted molar refractivity (Wildman–Crippen MR) is 133 cm³/mol. The van der Waals surface area contributed by atoms with Crippen LogP contribution >= 0.6 is 0 Å². The van der Waals surface area contributed by atoms with Crippen LogP contribution in [0.5, 0.6) is 0 Å². The number of aryl methyl sites for hydroxylation is 3. The van der Waals surface area contributed by atoms with Crippen molar-refractivity contribution in [1.82, 2.24) is 15.0 Å². The van der Waals surface area contributed by atoms with Crippen LogP contribution in [0.3, 0.4) is 0 Å². The summed E-state index contributed by atoms with van der Waals surface area (Å²) in [5.41, 5.74) is 4.49. The molecule has 0 radical (unpaired) electrons. The first-order chi connectivity index (χ1) is 15.9. The van der Waals surface area contributed by atoms with Gasteiger partial charge in [0.05, 0.1) is 0 Å². The highest BCUT2D eigenvalue weighted by Gasteiger charge is 2.06. The highest BCUT2D eigenvalue weighted by atomic mass is 16.2. The number of rotatable bonds is 6. The molecule has 33 heavy (non-hydrogen) atoms. The molecule has 2 amide bonds. The van der Waals surface area contributed by atoms with Crippen molar-refractivity contribution in [2.24, 2.45) is 0 Å². The van der Waals surface area contributed by atoms with Gasteiger partial charge in [0.25, 0.3) is 0 Å². The zero-order valence-corrected chi connectivity index (χ0v) is 18.7. The minimum absolute atomic E-state index is 0.300. The van der Waals surface area contributed by atoms with Crippen LogP contribution in [0.15, 0.2) is 72.9 Å². The Morgan fingerprint density at radius 3 is 1.85 bits per heavy atom. The van der Waals surface area contributed by atoms with E-state index in [2.05, 4.69) is 36.2 Å². The lowest BCUT2D eigenvalue weighted by Crippen LogP contribution is -2.19. The maximum absolute atomic E-state index is 12.2. The average Bonchev–Trinajstić information content (AvgIpc) is 2.76. The third-order valence-electron chi connectivity index (χ3n) is 4.73. The molecule has 0 bridgehead atoms. The monoisotopic (exact) mass is 439 g/mol. The van der Waals surface area contributed by atoms with Gasteiger partial charge in [-0.3, -0.25) is 0 Å². The molecule has 2 aromatic heterocycles. The van der Waals surface area contributed by atoms with Gasteiger partial charge in [0.1, 0.15) is 23.3 Å². The molecule has 166 valence electrons. The Morgan fingerprint density at radius 2 is 1.21 bits per heavy atom. The van der Waals surface area contributed by atoms with E-state index in [4.69, 9.17) is 0 Å². The molecule has 4 N–H and O–H groups in total. The van der Waals surface area contributed by atoms with Crippen molar-refractivity contribution < 1.29 is 4.79 Å². The summed E-state index contributed by atoms with van der Waals surface area (Å²) >= 11 is 0. The number of carbonyl (C=O) groups excluding carboxylic acids is 1. The first-order valence-electron chi connectivity index (χ1n) is 10.5. The number of aromatic nitrogens is 3. The lowest BCUT2D eigenvalue weighted by Gasteiger charge is -2.11. The highest BCUT2D eigenvalue weighted by molar-refractivity contribution is 5.99. The Labute approximate surface area is 192 Å². The van der Waals surface area contributed by atoms with E-state index in [-0.39, 0.29) is 6.03 Å². The number of amides is 2. The molecule has 0 saturated carbocycles. The van der Waals surface area contributed by atoms with Gasteiger partial charge in [-0.25, -0.2) is 19.7 Å². The quantitative estimate of drug-likeness (QED) is 0.297. The number of carbonyl (C=O) groups is 1. The van der Waals surface area contributed by atoms with E-state index in [0.717, 1.165) is 28.3 Å². The van der Waals surface area contributed by atoms with Gasteiger partial charge in [0, 0.05) is 29.3 Å². The number of hydrogen-bond donors (Lipinski definition) is 4. The first-order valence-corrected chi connectivity index (χ1v) is 10.5. The van der Waals surface area contributed by atoms with Crippen LogP contribution in [-0.2, 0) is 0 Å². The molecule has 4 aromatic rings. The van der Waals surface area contributed by atoms with Crippen LogP contribution < -0.4 is 21.3 Å². The van der Waals surface area contributed by atoms with Crippen molar-refractivity contribution >= 4 is 40.5 Å². The number of pyridine rings is 1. The molecule has 2 heterocycles. The minimum atomic E-state index is -0.300. The molecule has 8 heteroatoms. The lowest BCUT2D eigenvalue weighted by molar-refractivity contribution is 0.262. The SMILES string of the molecule is Cc1ccc(NC(=O)Nc2ccc(Nc3cc(Nc4cc(C)ccn4)nc(C)n3)cc2)cc1. The van der Waals surface area contributed by atoms with Crippen LogP contribution in [0.1, 0.15) is 17.0 Å². The Bertz CT molecular complexity index is 1250. The summed E-state index contributed by atoms with van der Waals surface area (Å²) in [6, 6.07) is 20.4. The molecule has 0 aliphatic carbocycles. The molecule has 0 saturated heterocycles. The third-order valence-corrected chi connectivity index (χ3v) is 4.73. The van der Waals surface area contributed by atoms with Gasteiger partial charge in [-0.2, -0.15) is 0 Å². The van der Waals surface area contributed by atoms with Crippen LogP contribution in [-0.4, -0.2) is 21.0 Å². The van der Waals surface area contributed by atoms with E-state index in [0.29, 0.717) is 23.1 Å². The van der Waals surface area contributed by atoms with Crippen molar-refractivity contribution in [3.63, 3.8) is 0 Å². The van der Waals surface area contributed by atoms with Gasteiger partial charge in [-0.1, -0.05) is 17.7 Å². The van der Waals surface area contributed by atoms with Crippen LogP contribution in [0.2, 0.25) is 0 Å². The average molecular weight is 440 g/mol. The standard InChI is InChI=1S/C25H25N7O/c1-16-4-6-20(7-5-16)30-25(33)31-21-10-8-19(9-11-21)29-23-15-24(28-18(3)27-23)32-22-14-17(2)12-13-26-22/h4-15H,1-3H3,(H2,30,31,33)(H2,26,27,28,29,32). The number of urea groups is 1. The van der Waals surface area contributed by atoms with E-state index in [1.165, 1.54) is 0 Å². The fourth-order valence-corrected chi connectivity index (χ4v) is 3.15. The Balaban J connectivity index is 1.38. The number of hydrogen-bond acceptors (Lipinski definition) is 6. The van der Waals surface area contributed by atoms with Gasteiger partial charge in [-0.15, -0.1) is 0 Å². The predicted octanol–water partition coefficient (Wildman–Crippen LogP) is 5.93. The number of anilines is 6. The van der Waals surface area contributed by atoms with Crippen molar-refractivity contribution in [2.75, 3.05) is 21.3 Å². The fourth-order valence-electron chi connectivity index (χ4n) is 3.15. The molecule has 0 unspecified atom stereocenters. The smallest absolute Gasteiger partial charge is 0.323 e. The van der Waals surface area contributed by atoms with Crippen molar-refractivity contribution in [2.45, 2.75) is 20.8 Å². The van der Waals surface area contributed by atoms with E-state index in [1.54, 1.807) is 6.20 Å². The van der Waals surface area contributed by atoms with Gasteiger partial charge in [0.15, 0.2) is 0 Å². The number of nitrogens with zero attached hydrogens (tertiary/aromatic N) is 3. The summed E-state index contributed by atoms with van der Waals surface area (Å²) in [4.78, 5) is 25.4. The van der Waals surface area contributed by atoms with Gasteiger partial charge >= 0.3 is 6.03 Å². The molecule has 0 atom stereocenters. The summed E-state index contributed by atoms with van der Waals surface area (Å²) in [5.74, 6) is 2.64. The molecular formula is C25H25N7O. The molecular weight excluding hydrogens is 414 g/mol. The normalized spacial score (nSPS) is 10.4. The topological polar surface area (TPSA) is 104 Å². The van der Waals surface area contributed by atoms with Crippen LogP contribution in [0, 0.1) is 20.8 Å². The van der Waals surface area contributed by atoms with Crippen LogP contribution in [0.25, 0.3) is 0 Å². The van der Waals surface area contributed by atoms with Crippen molar-refractivity contribution in [1.29, 1.82) is 0 Å². The fraction of sp³-hybridized carbons (Fsp3) is 0.120. The zero-order chi connectivity index (χ0) is 23.2. The highest BCUT2D eigenvalue weighted by Crippen LogP contribution is 2.21. The third kappa shape index (κ3) is 6.27. The van der Waals surface area contributed by atoms with E-state index in [1.807, 2.05) is 87.5 Å². The van der Waals surface area contributed by atoms with E-state index in [9.17, 15) is 4.79 Å². The zero-order valence-electron chi connectivity index (χ0n) is 18.7. The number of nitrogens with one attached hydrogen (secondary N) is 4. The minimum Gasteiger partial charge on any atom is -0.340 e. The summed E-state index contributed by atoms with van der Waals surface area (Å²) in [6.07, 6.45) is 1.75. The maximum atomic E-state index is 12.2. The Kier molecular flexibility index (Phi) is 6.45. The summed E-state index contributed by atoms with van der Waals surface area (Å²) in [5, 5.41) is 12.1. The Morgan fingerprint density at radius 1 is 0.636 bits per heavy atom. The maximum Gasteiger partial charge on any atom is 0.323 e. The second-order valence-electron chi connectivity index (χ2n) is 7.68. The van der Waals surface area contributed by atoms with E-state index < -0.39 is 0 Å². The van der Waals surface area contributed by atoms with Gasteiger partial charge in [-0.05, 0) is 74.9 Å². The summed E-state index contributed by atoms with van der Waals surface area (Å²) < 4.78 is 0. The number of benzene rings is 2. The molecule has 0 fully saturated rings. The molecule has 0 spiro atoms. The lowest BCUT2D eigenvalue weighted by atomic mass is 10.2. The van der Waals surface area contributed by atoms with Gasteiger partial charge in [0.2, 0.25) is 0 Å². The Hall–Kier alpha value is -4.46. The summed E-state index contributed by atoms with van der Waals surface area (Å²) in [7, 11) is 0. The second-order valence-corrected chi connectivity index (χ2v) is 7.68. The van der Waals surface area contributed by atoms with Crippen molar-refractivity contribution in [3.05, 3.63) is 89.9 Å². The molecule has 4 rings (SSSR count). The largest absolute Gasteiger partial charge is 0.340 e. The first kappa shape index (κ1) is 21.8. The molecule has 2 aromatic carbocycles. The molecule has 8 nitrogen and oxygen atoms in total. The van der Waals surface area contributed by atoms with Gasteiger partial charge < -0.3 is 21.3 Å². The second kappa shape index (κ2) is 9.78. The molecule has 0 aliphatic rings. The summed E-state index contributed by atoms with van der Waals surface area (Å²) in [6.45, 7) is 5.84.